The van der Waals surface area contributed by atoms with Crippen molar-refractivity contribution in [2.24, 2.45) is 5.10 Å². The van der Waals surface area contributed by atoms with Gasteiger partial charge in [0.15, 0.2) is 17.7 Å². The molecule has 0 aliphatic carbocycles. The van der Waals surface area contributed by atoms with Gasteiger partial charge in [-0.2, -0.15) is 5.10 Å². The fourth-order valence-electron chi connectivity index (χ4n) is 5.33. The number of carbonyl (C=O) groups is 2. The summed E-state index contributed by atoms with van der Waals surface area (Å²) in [7, 11) is 1.28. The van der Waals surface area contributed by atoms with Gasteiger partial charge >= 0.3 is 12.0 Å². The summed E-state index contributed by atoms with van der Waals surface area (Å²) in [5.74, 6) is 0.209. The number of methoxy groups -OCH3 is 1. The van der Waals surface area contributed by atoms with Gasteiger partial charge in [-0.1, -0.05) is 54.1 Å². The Bertz CT molecular complexity index is 1760. The normalized spacial score (nSPS) is 15.5. The fourth-order valence-corrected chi connectivity index (χ4v) is 5.33. The number of fused-ring (bicyclic) bond motifs is 1. The summed E-state index contributed by atoms with van der Waals surface area (Å²) in [6.07, 6.45) is 2.61. The summed E-state index contributed by atoms with van der Waals surface area (Å²) in [5.41, 5.74) is 8.43. The average Bonchev–Trinajstić information content (AvgIpc) is 3.36. The summed E-state index contributed by atoms with van der Waals surface area (Å²) in [6, 6.07) is 20.4. The first-order valence-corrected chi connectivity index (χ1v) is 14.6. The molecule has 1 aliphatic rings. The van der Waals surface area contributed by atoms with Gasteiger partial charge in [-0.15, -0.1) is 0 Å². The van der Waals surface area contributed by atoms with Crippen LogP contribution in [0.1, 0.15) is 42.1 Å². The molecule has 45 heavy (non-hydrogen) atoms. The number of ether oxygens (including phenoxy) is 3. The standard InChI is InChI=1S/C34H37N5O6/c1-5-44-29-16-24(32-31(33(41)43-4)22(3)36-34(42)37-32)13-14-28(29)45-20-30(40)38-35-17-25-19-39(27-12-7-6-11-26(25)27)18-23-10-8-9-21(2)15-23/h6-17,19,30,32,38,40H,5,18,20H2,1-4H3,(H2,36,37,42)/b35-17-/t30-,32-/m1/s1. The van der Waals surface area contributed by atoms with E-state index >= 15 is 0 Å². The highest BCUT2D eigenvalue weighted by Crippen LogP contribution is 2.35. The average molecular weight is 612 g/mol. The molecule has 234 valence electrons. The van der Waals surface area contributed by atoms with Gasteiger partial charge in [0.2, 0.25) is 0 Å². The Hall–Kier alpha value is -5.29. The summed E-state index contributed by atoms with van der Waals surface area (Å²) < 4.78 is 18.8. The molecule has 0 radical (unpaired) electrons. The third kappa shape index (κ3) is 7.27. The molecule has 0 spiro atoms. The van der Waals surface area contributed by atoms with Crippen molar-refractivity contribution in [3.05, 3.63) is 106 Å². The lowest BCUT2D eigenvalue weighted by atomic mass is 9.95. The number of para-hydroxylation sites is 1. The maximum Gasteiger partial charge on any atom is 0.337 e. The van der Waals surface area contributed by atoms with Crippen LogP contribution >= 0.6 is 0 Å². The minimum atomic E-state index is -1.11. The minimum Gasteiger partial charge on any atom is -0.490 e. The number of aliphatic hydroxyl groups excluding tert-OH is 1. The molecule has 11 heteroatoms. The van der Waals surface area contributed by atoms with Crippen molar-refractivity contribution in [2.45, 2.75) is 39.6 Å². The molecule has 0 saturated heterocycles. The van der Waals surface area contributed by atoms with Gasteiger partial charge in [0, 0.05) is 34.9 Å². The van der Waals surface area contributed by atoms with Gasteiger partial charge < -0.3 is 34.5 Å². The van der Waals surface area contributed by atoms with Crippen molar-refractivity contribution in [2.75, 3.05) is 20.3 Å². The lowest BCUT2D eigenvalue weighted by molar-refractivity contribution is -0.136. The SMILES string of the molecule is CCOc1cc([C@H]2NC(=O)NC(C)=C2C(=O)OC)ccc1OC[C@@H](O)N/N=C\c1cn(Cc2cccc(C)c2)c2ccccc12. The first-order valence-electron chi connectivity index (χ1n) is 14.6. The van der Waals surface area contributed by atoms with E-state index in [1.807, 2.05) is 31.3 Å². The van der Waals surface area contributed by atoms with E-state index in [1.54, 1.807) is 31.3 Å². The number of esters is 1. The van der Waals surface area contributed by atoms with Crippen molar-refractivity contribution in [1.82, 2.24) is 20.6 Å². The van der Waals surface area contributed by atoms with E-state index < -0.39 is 24.3 Å². The van der Waals surface area contributed by atoms with Crippen LogP contribution in [0.25, 0.3) is 10.9 Å². The highest BCUT2D eigenvalue weighted by Gasteiger charge is 2.32. The number of aromatic nitrogens is 1. The molecule has 0 saturated carbocycles. The van der Waals surface area contributed by atoms with Crippen LogP contribution in [0.3, 0.4) is 0 Å². The van der Waals surface area contributed by atoms with Gasteiger partial charge in [0.1, 0.15) is 6.61 Å². The second kappa shape index (κ2) is 14.0. The number of hydrogen-bond donors (Lipinski definition) is 4. The second-order valence-electron chi connectivity index (χ2n) is 10.6. The first kappa shape index (κ1) is 31.1. The maximum absolute atomic E-state index is 12.5. The van der Waals surface area contributed by atoms with Crippen molar-refractivity contribution in [3.63, 3.8) is 0 Å². The Balaban J connectivity index is 1.26. The first-order chi connectivity index (χ1) is 21.8. The van der Waals surface area contributed by atoms with Crippen LogP contribution in [0.5, 0.6) is 11.5 Å². The number of aliphatic hydroxyl groups is 1. The van der Waals surface area contributed by atoms with Crippen LogP contribution in [-0.2, 0) is 16.1 Å². The maximum atomic E-state index is 12.5. The Morgan fingerprint density at radius 3 is 2.69 bits per heavy atom. The van der Waals surface area contributed by atoms with E-state index in [1.165, 1.54) is 18.2 Å². The predicted octanol–water partition coefficient (Wildman–Crippen LogP) is 4.52. The molecule has 2 atom stereocenters. The molecule has 2 heterocycles. The van der Waals surface area contributed by atoms with Crippen LogP contribution in [0, 0.1) is 6.92 Å². The third-order valence-corrected chi connectivity index (χ3v) is 7.35. The van der Waals surface area contributed by atoms with E-state index in [0.717, 1.165) is 23.0 Å². The Morgan fingerprint density at radius 1 is 1.09 bits per heavy atom. The number of hydrazone groups is 1. The Morgan fingerprint density at radius 2 is 1.91 bits per heavy atom. The zero-order valence-corrected chi connectivity index (χ0v) is 25.7. The van der Waals surface area contributed by atoms with E-state index in [2.05, 4.69) is 63.0 Å². The summed E-state index contributed by atoms with van der Waals surface area (Å²) in [5, 5.41) is 21.3. The largest absolute Gasteiger partial charge is 0.490 e. The van der Waals surface area contributed by atoms with Crippen LogP contribution < -0.4 is 25.5 Å². The van der Waals surface area contributed by atoms with Crippen molar-refractivity contribution in [3.8, 4) is 11.5 Å². The molecule has 1 aromatic heterocycles. The fraction of sp³-hybridized carbons (Fsp3) is 0.265. The molecule has 5 rings (SSSR count). The smallest absolute Gasteiger partial charge is 0.337 e. The van der Waals surface area contributed by atoms with Gasteiger partial charge in [-0.05, 0) is 50.1 Å². The van der Waals surface area contributed by atoms with Crippen LogP contribution in [0.2, 0.25) is 0 Å². The molecule has 4 N–H and O–H groups in total. The topological polar surface area (TPSA) is 135 Å². The molecule has 0 bridgehead atoms. The van der Waals surface area contributed by atoms with E-state index in [9.17, 15) is 14.7 Å². The number of amides is 2. The molecular weight excluding hydrogens is 574 g/mol. The molecule has 4 aromatic rings. The molecule has 3 aromatic carbocycles. The number of nitrogens with zero attached hydrogens (tertiary/aromatic N) is 2. The zero-order valence-electron chi connectivity index (χ0n) is 25.7. The van der Waals surface area contributed by atoms with Gasteiger partial charge in [-0.25, -0.2) is 9.59 Å². The van der Waals surface area contributed by atoms with E-state index in [0.29, 0.717) is 29.4 Å². The Labute approximate surface area is 261 Å². The number of aryl methyl sites for hydroxylation is 1. The number of carbonyl (C=O) groups excluding carboxylic acids is 2. The van der Waals surface area contributed by atoms with Crippen LogP contribution in [0.15, 0.2) is 89.3 Å². The summed E-state index contributed by atoms with van der Waals surface area (Å²) in [4.78, 5) is 24.7. The van der Waals surface area contributed by atoms with Crippen LogP contribution in [-0.4, -0.2) is 54.4 Å². The predicted molar refractivity (Wildman–Crippen MR) is 171 cm³/mol. The Kier molecular flexibility index (Phi) is 9.69. The van der Waals surface area contributed by atoms with Crippen molar-refractivity contribution in [1.29, 1.82) is 0 Å². The minimum absolute atomic E-state index is 0.123. The lowest BCUT2D eigenvalue weighted by Crippen LogP contribution is -2.45. The monoisotopic (exact) mass is 611 g/mol. The number of hydrogen-bond acceptors (Lipinski definition) is 8. The molecular formula is C34H37N5O6. The number of allylic oxidation sites excluding steroid dienone is 1. The van der Waals surface area contributed by atoms with Gasteiger partial charge in [0.25, 0.3) is 0 Å². The van der Waals surface area contributed by atoms with Gasteiger partial charge in [-0.3, -0.25) is 5.43 Å². The van der Waals surface area contributed by atoms with Crippen molar-refractivity contribution < 1.29 is 28.9 Å². The molecule has 2 amide bonds. The number of benzene rings is 3. The van der Waals surface area contributed by atoms with Gasteiger partial charge in [0.05, 0.1) is 31.5 Å². The number of nitrogens with one attached hydrogen (secondary N) is 3. The second-order valence-corrected chi connectivity index (χ2v) is 10.6. The van der Waals surface area contributed by atoms with Crippen molar-refractivity contribution >= 4 is 29.1 Å². The molecule has 1 aliphatic heterocycles. The third-order valence-electron chi connectivity index (χ3n) is 7.35. The summed E-state index contributed by atoms with van der Waals surface area (Å²) >= 11 is 0. The molecule has 0 fully saturated rings. The molecule has 0 unspecified atom stereocenters. The highest BCUT2D eigenvalue weighted by atomic mass is 16.5. The lowest BCUT2D eigenvalue weighted by Gasteiger charge is -2.28. The summed E-state index contributed by atoms with van der Waals surface area (Å²) in [6.45, 7) is 6.50. The molecule has 11 nitrogen and oxygen atoms in total. The zero-order chi connectivity index (χ0) is 31.9. The number of urea groups is 1. The quantitative estimate of drug-likeness (QED) is 0.0801. The number of rotatable bonds is 12. The van der Waals surface area contributed by atoms with Crippen LogP contribution in [0.4, 0.5) is 4.79 Å². The van der Waals surface area contributed by atoms with E-state index in [-0.39, 0.29) is 12.2 Å². The highest BCUT2D eigenvalue weighted by molar-refractivity contribution is 5.99. The van der Waals surface area contributed by atoms with E-state index in [4.69, 9.17) is 14.2 Å².